The number of anilines is 1. The minimum absolute atomic E-state index is 0.00974. The number of alkyl halides is 3. The number of nitrogens with one attached hydrogen (secondary N) is 1. The number of pyridine rings is 1. The fourth-order valence-corrected chi connectivity index (χ4v) is 8.20. The zero-order valence-electron chi connectivity index (χ0n) is 23.9. The lowest BCUT2D eigenvalue weighted by molar-refractivity contribution is -0.171. The molecule has 0 amide bonds. The van der Waals surface area contributed by atoms with Crippen molar-refractivity contribution in [2.75, 3.05) is 37.7 Å². The van der Waals surface area contributed by atoms with E-state index in [1.807, 2.05) is 29.2 Å². The summed E-state index contributed by atoms with van der Waals surface area (Å²) in [5, 5.41) is 6.09. The highest BCUT2D eigenvalue weighted by molar-refractivity contribution is 6.36. The SMILES string of the molecule is Fc1c(-c2cccc3cccc(Cl)c23)ncc2c(N3CC4CC[C@H](C3)N4)nc(OCC34CCCN3CC(C(F)(F)F)C4)nc12. The smallest absolute Gasteiger partial charge is 0.393 e. The standard InChI is InChI=1S/C32H31ClF4N6O/c33-24-7-2-5-18-4-1-6-22(25(18)24)27-26(34)28-23(13-38-27)29(42-15-20-8-9-21(16-42)39-20)41-30(40-28)44-17-31-10-3-11-43(31)14-19(12-31)32(35,36)37/h1-2,4-7,13,19-21,39H,3,8-12,14-17H2/t19?,20-,21?,31?/m1/s1. The van der Waals surface area contributed by atoms with Gasteiger partial charge in [0.15, 0.2) is 5.82 Å². The van der Waals surface area contributed by atoms with Crippen LogP contribution in [0.1, 0.15) is 32.1 Å². The third kappa shape index (κ3) is 4.66. The fourth-order valence-electron chi connectivity index (χ4n) is 7.92. The summed E-state index contributed by atoms with van der Waals surface area (Å²) in [5.41, 5.74) is -0.0316. The summed E-state index contributed by atoms with van der Waals surface area (Å²) in [7, 11) is 0. The maximum atomic E-state index is 16.6. The molecule has 230 valence electrons. The van der Waals surface area contributed by atoms with Crippen LogP contribution in [0.15, 0.2) is 42.6 Å². The third-order valence-electron chi connectivity index (χ3n) is 10.0. The molecule has 1 N–H and O–H groups in total. The van der Waals surface area contributed by atoms with E-state index in [1.165, 1.54) is 0 Å². The van der Waals surface area contributed by atoms with E-state index in [2.05, 4.69) is 20.2 Å². The number of hydrogen-bond acceptors (Lipinski definition) is 7. The van der Waals surface area contributed by atoms with Crippen LogP contribution < -0.4 is 15.0 Å². The maximum Gasteiger partial charge on any atom is 0.393 e. The topological polar surface area (TPSA) is 66.4 Å². The van der Waals surface area contributed by atoms with Gasteiger partial charge < -0.3 is 15.0 Å². The molecule has 0 radical (unpaired) electrons. The van der Waals surface area contributed by atoms with Crippen molar-refractivity contribution in [3.8, 4) is 17.3 Å². The van der Waals surface area contributed by atoms with E-state index in [4.69, 9.17) is 21.3 Å². The van der Waals surface area contributed by atoms with Crippen molar-refractivity contribution in [2.24, 2.45) is 5.92 Å². The predicted molar refractivity (Wildman–Crippen MR) is 161 cm³/mol. The number of nitrogens with zero attached hydrogens (tertiary/aromatic N) is 5. The van der Waals surface area contributed by atoms with Gasteiger partial charge in [-0.25, -0.2) is 4.39 Å². The number of aromatic nitrogens is 3. The van der Waals surface area contributed by atoms with Crippen LogP contribution in [0.2, 0.25) is 5.02 Å². The van der Waals surface area contributed by atoms with Crippen LogP contribution in [0.5, 0.6) is 6.01 Å². The summed E-state index contributed by atoms with van der Waals surface area (Å²) >= 11 is 6.57. The lowest BCUT2D eigenvalue weighted by Gasteiger charge is -2.34. The summed E-state index contributed by atoms with van der Waals surface area (Å²) in [6.07, 6.45) is 0.819. The highest BCUT2D eigenvalue weighted by atomic mass is 35.5. The van der Waals surface area contributed by atoms with Crippen molar-refractivity contribution < 1.29 is 22.3 Å². The normalized spacial score (nSPS) is 27.0. The average molecular weight is 627 g/mol. The lowest BCUT2D eigenvalue weighted by atomic mass is 9.90. The van der Waals surface area contributed by atoms with Crippen LogP contribution in [0, 0.1) is 11.7 Å². The number of ether oxygens (including phenoxy) is 1. The van der Waals surface area contributed by atoms with Gasteiger partial charge >= 0.3 is 12.2 Å². The van der Waals surface area contributed by atoms with Crippen LogP contribution in [-0.4, -0.2) is 76.4 Å². The number of hydrogen-bond donors (Lipinski definition) is 1. The summed E-state index contributed by atoms with van der Waals surface area (Å²) in [4.78, 5) is 17.9. The van der Waals surface area contributed by atoms with E-state index in [-0.39, 0.29) is 36.8 Å². The molecule has 4 atom stereocenters. The molecule has 4 aliphatic heterocycles. The van der Waals surface area contributed by atoms with Gasteiger partial charge in [-0.15, -0.1) is 0 Å². The maximum absolute atomic E-state index is 16.6. The largest absolute Gasteiger partial charge is 0.461 e. The Kier molecular flexibility index (Phi) is 6.66. The first-order valence-corrected chi connectivity index (χ1v) is 15.6. The monoisotopic (exact) mass is 626 g/mol. The van der Waals surface area contributed by atoms with Gasteiger partial charge in [0.05, 0.1) is 16.8 Å². The van der Waals surface area contributed by atoms with Gasteiger partial charge in [-0.1, -0.05) is 41.9 Å². The molecule has 8 rings (SSSR count). The van der Waals surface area contributed by atoms with Crippen LogP contribution in [0.3, 0.4) is 0 Å². The van der Waals surface area contributed by atoms with Gasteiger partial charge in [0.2, 0.25) is 0 Å². The first kappa shape index (κ1) is 28.2. The molecule has 2 aromatic heterocycles. The van der Waals surface area contributed by atoms with E-state index in [0.29, 0.717) is 65.3 Å². The Labute approximate surface area is 256 Å². The first-order chi connectivity index (χ1) is 21.2. The molecule has 0 aliphatic carbocycles. The molecular weight excluding hydrogens is 596 g/mol. The second kappa shape index (κ2) is 10.4. The number of fused-ring (bicyclic) bond motifs is 5. The molecule has 0 saturated carbocycles. The summed E-state index contributed by atoms with van der Waals surface area (Å²) in [6.45, 7) is 1.96. The summed E-state index contributed by atoms with van der Waals surface area (Å²) in [6, 6.07) is 11.6. The quantitative estimate of drug-likeness (QED) is 0.258. The lowest BCUT2D eigenvalue weighted by Crippen LogP contribution is -2.51. The molecule has 4 saturated heterocycles. The Hall–Kier alpha value is -3.28. The molecule has 4 aliphatic rings. The van der Waals surface area contributed by atoms with E-state index < -0.39 is 23.5 Å². The number of rotatable bonds is 5. The Morgan fingerprint density at radius 3 is 2.59 bits per heavy atom. The van der Waals surface area contributed by atoms with Crippen molar-refractivity contribution in [2.45, 2.75) is 55.9 Å². The predicted octanol–water partition coefficient (Wildman–Crippen LogP) is 6.37. The van der Waals surface area contributed by atoms with E-state index in [0.717, 1.165) is 24.6 Å². The summed E-state index contributed by atoms with van der Waals surface area (Å²) in [5.74, 6) is -1.49. The Morgan fingerprint density at radius 2 is 1.82 bits per heavy atom. The van der Waals surface area contributed by atoms with Gasteiger partial charge in [0.1, 0.15) is 23.6 Å². The zero-order chi connectivity index (χ0) is 30.2. The van der Waals surface area contributed by atoms with Gasteiger partial charge in [-0.2, -0.15) is 23.1 Å². The molecule has 6 heterocycles. The Morgan fingerprint density at radius 1 is 1.05 bits per heavy atom. The molecule has 7 nitrogen and oxygen atoms in total. The van der Waals surface area contributed by atoms with Crippen molar-refractivity contribution in [3.05, 3.63) is 53.4 Å². The summed E-state index contributed by atoms with van der Waals surface area (Å²) < 4.78 is 63.9. The van der Waals surface area contributed by atoms with Crippen LogP contribution in [0.25, 0.3) is 32.9 Å². The van der Waals surface area contributed by atoms with Crippen LogP contribution in [0.4, 0.5) is 23.4 Å². The molecule has 2 bridgehead atoms. The highest BCUT2D eigenvalue weighted by Crippen LogP contribution is 2.47. The second-order valence-electron chi connectivity index (χ2n) is 12.7. The Balaban J connectivity index is 1.22. The molecule has 44 heavy (non-hydrogen) atoms. The zero-order valence-corrected chi connectivity index (χ0v) is 24.6. The van der Waals surface area contributed by atoms with E-state index >= 15 is 4.39 Å². The highest BCUT2D eigenvalue weighted by Gasteiger charge is 2.56. The first-order valence-electron chi connectivity index (χ1n) is 15.2. The molecular formula is C32H31ClF4N6O. The van der Waals surface area contributed by atoms with Crippen molar-refractivity contribution >= 4 is 39.1 Å². The molecule has 3 unspecified atom stereocenters. The van der Waals surface area contributed by atoms with Gasteiger partial charge in [0, 0.05) is 53.9 Å². The van der Waals surface area contributed by atoms with Crippen LogP contribution in [-0.2, 0) is 0 Å². The Bertz CT molecular complexity index is 1750. The van der Waals surface area contributed by atoms with E-state index in [1.54, 1.807) is 18.3 Å². The van der Waals surface area contributed by atoms with Gasteiger partial charge in [0.25, 0.3) is 0 Å². The van der Waals surface area contributed by atoms with E-state index in [9.17, 15) is 13.2 Å². The third-order valence-corrected chi connectivity index (χ3v) is 10.3. The number of halogens is 5. The number of benzene rings is 2. The van der Waals surface area contributed by atoms with Crippen LogP contribution >= 0.6 is 11.6 Å². The average Bonchev–Trinajstić information content (AvgIpc) is 3.67. The molecule has 4 fully saturated rings. The van der Waals surface area contributed by atoms with Crippen molar-refractivity contribution in [1.29, 1.82) is 0 Å². The van der Waals surface area contributed by atoms with Gasteiger partial charge in [-0.05, 0) is 50.1 Å². The van der Waals surface area contributed by atoms with Crippen molar-refractivity contribution in [1.82, 2.24) is 25.2 Å². The molecule has 12 heteroatoms. The minimum atomic E-state index is -4.26. The molecule has 0 spiro atoms. The second-order valence-corrected chi connectivity index (χ2v) is 13.1. The molecule has 4 aromatic rings. The fraction of sp³-hybridized carbons (Fsp3) is 0.469. The van der Waals surface area contributed by atoms with Gasteiger partial charge in [-0.3, -0.25) is 9.88 Å². The minimum Gasteiger partial charge on any atom is -0.461 e. The number of piperazine rings is 1. The molecule has 2 aromatic carbocycles. The van der Waals surface area contributed by atoms with Crippen molar-refractivity contribution in [3.63, 3.8) is 0 Å².